The fraction of sp³-hybridized carbons (Fsp3) is 1.00. The molecule has 0 amide bonds. The van der Waals surface area contributed by atoms with Crippen LogP contribution in [0, 0.1) is 52.3 Å². The molecule has 4 aliphatic rings. The first-order chi connectivity index (χ1) is 14.3. The van der Waals surface area contributed by atoms with Gasteiger partial charge in [-0.1, -0.05) is 53.9 Å². The van der Waals surface area contributed by atoms with Crippen molar-refractivity contribution < 1.29 is 10.2 Å². The molecule has 2 N–H and O–H groups in total. The number of rotatable bonds is 5. The molecule has 4 saturated carbocycles. The van der Waals surface area contributed by atoms with Gasteiger partial charge in [0.05, 0.1) is 11.2 Å². The third kappa shape index (κ3) is 3.84. The maximum atomic E-state index is 11.2. The summed E-state index contributed by atoms with van der Waals surface area (Å²) in [5.74, 6) is 5.64. The van der Waals surface area contributed by atoms with Crippen LogP contribution in [0.1, 0.15) is 119 Å². The van der Waals surface area contributed by atoms with Crippen LogP contribution in [0.2, 0.25) is 0 Å². The molecule has 0 bridgehead atoms. The van der Waals surface area contributed by atoms with Gasteiger partial charge in [0.25, 0.3) is 0 Å². The maximum absolute atomic E-state index is 11.2. The molecular formula is C29H52O2. The van der Waals surface area contributed by atoms with Crippen LogP contribution in [-0.4, -0.2) is 21.4 Å². The Kier molecular flexibility index (Phi) is 6.21. The van der Waals surface area contributed by atoms with Crippen molar-refractivity contribution in [3.05, 3.63) is 0 Å². The van der Waals surface area contributed by atoms with Gasteiger partial charge in [-0.3, -0.25) is 0 Å². The van der Waals surface area contributed by atoms with E-state index in [4.69, 9.17) is 0 Å². The van der Waals surface area contributed by atoms with Crippen LogP contribution in [0.4, 0.5) is 0 Å². The molecule has 4 aliphatic carbocycles. The molecular weight excluding hydrogens is 380 g/mol. The maximum Gasteiger partial charge on any atom is 0.0908 e. The zero-order valence-electron chi connectivity index (χ0n) is 21.7. The molecule has 0 aromatic heterocycles. The van der Waals surface area contributed by atoms with E-state index in [1.807, 2.05) is 13.8 Å². The fourth-order valence-electron chi connectivity index (χ4n) is 9.80. The normalized spacial score (nSPS) is 53.0. The third-order valence-electron chi connectivity index (χ3n) is 11.8. The van der Waals surface area contributed by atoms with E-state index < -0.39 is 11.2 Å². The summed E-state index contributed by atoms with van der Waals surface area (Å²) < 4.78 is 0. The van der Waals surface area contributed by atoms with E-state index in [1.165, 1.54) is 57.8 Å². The molecule has 180 valence electrons. The highest BCUT2D eigenvalue weighted by atomic mass is 16.4. The predicted molar refractivity (Wildman–Crippen MR) is 130 cm³/mol. The second-order valence-corrected chi connectivity index (χ2v) is 14.1. The Bertz CT molecular complexity index is 651. The van der Waals surface area contributed by atoms with E-state index in [9.17, 15) is 10.2 Å². The van der Waals surface area contributed by atoms with Crippen LogP contribution in [0.25, 0.3) is 0 Å². The summed E-state index contributed by atoms with van der Waals surface area (Å²) in [5, 5.41) is 22.2. The molecule has 0 aromatic carbocycles. The largest absolute Gasteiger partial charge is 0.387 e. The summed E-state index contributed by atoms with van der Waals surface area (Å²) in [6.07, 6.45) is 14.0. The zero-order chi connectivity index (χ0) is 22.8. The highest BCUT2D eigenvalue weighted by Crippen LogP contribution is 2.69. The van der Waals surface area contributed by atoms with Crippen LogP contribution in [0.15, 0.2) is 0 Å². The quantitative estimate of drug-likeness (QED) is 0.481. The first kappa shape index (κ1) is 24.1. The van der Waals surface area contributed by atoms with Gasteiger partial charge in [0.15, 0.2) is 0 Å². The molecule has 2 nitrogen and oxygen atoms in total. The van der Waals surface area contributed by atoms with Crippen LogP contribution < -0.4 is 0 Å². The van der Waals surface area contributed by atoms with Crippen molar-refractivity contribution in [3.8, 4) is 0 Å². The lowest BCUT2D eigenvalue weighted by molar-refractivity contribution is -0.232. The molecule has 4 rings (SSSR count). The lowest BCUT2D eigenvalue weighted by Gasteiger charge is -2.64. The SMILES string of the molecule is CC(C)CCC[C@@H](C)[C@H]1CC[C@H]2[C@@H]3CC[C@H]4C[C@](C)(O)[C@@](C)(O)C[C@]4(C)[C@H]3CC[C@]12C. The van der Waals surface area contributed by atoms with Gasteiger partial charge in [0, 0.05) is 0 Å². The minimum Gasteiger partial charge on any atom is -0.387 e. The molecule has 0 unspecified atom stereocenters. The van der Waals surface area contributed by atoms with Crippen molar-refractivity contribution in [2.24, 2.45) is 52.3 Å². The van der Waals surface area contributed by atoms with Gasteiger partial charge in [-0.2, -0.15) is 0 Å². The van der Waals surface area contributed by atoms with Crippen LogP contribution in [-0.2, 0) is 0 Å². The van der Waals surface area contributed by atoms with Gasteiger partial charge in [-0.25, -0.2) is 0 Å². The summed E-state index contributed by atoms with van der Waals surface area (Å²) in [6, 6.07) is 0. The Labute approximate surface area is 193 Å². The Hall–Kier alpha value is -0.0800. The molecule has 0 aromatic rings. The van der Waals surface area contributed by atoms with E-state index >= 15 is 0 Å². The van der Waals surface area contributed by atoms with Gasteiger partial charge < -0.3 is 10.2 Å². The standard InChI is InChI=1S/C29H52O2/c1-19(2)9-8-10-20(3)23-13-14-24-22-12-11-21-17-28(6,30)29(7,31)18-27(21,5)25(22)15-16-26(23,24)4/h19-25,30-31H,8-18H2,1-7H3/t20-,21+,22+,23-,24+,25+,26-,27+,28+,29+/m1/s1. The highest BCUT2D eigenvalue weighted by Gasteiger charge is 2.64. The smallest absolute Gasteiger partial charge is 0.0908 e. The summed E-state index contributed by atoms with van der Waals surface area (Å²) >= 11 is 0. The Morgan fingerprint density at radius 3 is 2.13 bits per heavy atom. The van der Waals surface area contributed by atoms with Crippen molar-refractivity contribution in [2.45, 2.75) is 130 Å². The van der Waals surface area contributed by atoms with Crippen molar-refractivity contribution in [2.75, 3.05) is 0 Å². The predicted octanol–water partition coefficient (Wildman–Crippen LogP) is 7.22. The van der Waals surface area contributed by atoms with Crippen molar-refractivity contribution in [1.82, 2.24) is 0 Å². The monoisotopic (exact) mass is 432 g/mol. The minimum atomic E-state index is -0.968. The number of hydrogen-bond acceptors (Lipinski definition) is 2. The second-order valence-electron chi connectivity index (χ2n) is 14.1. The van der Waals surface area contributed by atoms with Gasteiger partial charge in [-0.05, 0) is 117 Å². The first-order valence-electron chi connectivity index (χ1n) is 13.8. The molecule has 0 radical (unpaired) electrons. The van der Waals surface area contributed by atoms with E-state index in [-0.39, 0.29) is 5.41 Å². The van der Waals surface area contributed by atoms with Gasteiger partial charge in [-0.15, -0.1) is 0 Å². The molecule has 31 heavy (non-hydrogen) atoms. The fourth-order valence-corrected chi connectivity index (χ4v) is 9.80. The van der Waals surface area contributed by atoms with E-state index in [1.54, 1.807) is 0 Å². The first-order valence-corrected chi connectivity index (χ1v) is 13.8. The summed E-state index contributed by atoms with van der Waals surface area (Å²) in [4.78, 5) is 0. The molecule has 10 atom stereocenters. The summed E-state index contributed by atoms with van der Waals surface area (Å²) in [7, 11) is 0. The molecule has 2 heteroatoms. The lowest BCUT2D eigenvalue weighted by Crippen LogP contribution is -2.64. The van der Waals surface area contributed by atoms with Gasteiger partial charge in [0.1, 0.15) is 0 Å². The average Bonchev–Trinajstić information content (AvgIpc) is 2.99. The van der Waals surface area contributed by atoms with Crippen LogP contribution in [0.3, 0.4) is 0 Å². The zero-order valence-corrected chi connectivity index (χ0v) is 21.7. The van der Waals surface area contributed by atoms with Gasteiger partial charge >= 0.3 is 0 Å². The molecule has 4 fully saturated rings. The Morgan fingerprint density at radius 1 is 0.774 bits per heavy atom. The van der Waals surface area contributed by atoms with E-state index in [2.05, 4.69) is 34.6 Å². The van der Waals surface area contributed by atoms with E-state index in [0.29, 0.717) is 11.3 Å². The summed E-state index contributed by atoms with van der Waals surface area (Å²) in [5.41, 5.74) is -1.19. The van der Waals surface area contributed by atoms with E-state index in [0.717, 1.165) is 48.3 Å². The number of aliphatic hydroxyl groups is 2. The molecule has 0 aliphatic heterocycles. The topological polar surface area (TPSA) is 40.5 Å². The molecule has 0 heterocycles. The van der Waals surface area contributed by atoms with Crippen molar-refractivity contribution >= 4 is 0 Å². The third-order valence-corrected chi connectivity index (χ3v) is 11.8. The lowest BCUT2D eigenvalue weighted by atomic mass is 9.42. The van der Waals surface area contributed by atoms with Crippen molar-refractivity contribution in [3.63, 3.8) is 0 Å². The van der Waals surface area contributed by atoms with Crippen molar-refractivity contribution in [1.29, 1.82) is 0 Å². The minimum absolute atomic E-state index is 0.191. The number of hydrogen-bond donors (Lipinski definition) is 2. The molecule has 0 spiro atoms. The Morgan fingerprint density at radius 2 is 1.45 bits per heavy atom. The summed E-state index contributed by atoms with van der Waals surface area (Å²) in [6.45, 7) is 16.2. The van der Waals surface area contributed by atoms with Crippen LogP contribution in [0.5, 0.6) is 0 Å². The Balaban J connectivity index is 1.51. The second kappa shape index (κ2) is 8.00. The molecule has 0 saturated heterocycles. The van der Waals surface area contributed by atoms with Crippen LogP contribution >= 0.6 is 0 Å². The number of fused-ring (bicyclic) bond motifs is 5. The van der Waals surface area contributed by atoms with Gasteiger partial charge in [0.2, 0.25) is 0 Å². The average molecular weight is 433 g/mol. The highest BCUT2D eigenvalue weighted by molar-refractivity contribution is 5.14.